The van der Waals surface area contributed by atoms with Crippen LogP contribution in [0.2, 0.25) is 0 Å². The molecule has 5 rings (SSSR count). The summed E-state index contributed by atoms with van der Waals surface area (Å²) in [5.74, 6) is -0.0752. The van der Waals surface area contributed by atoms with E-state index >= 15 is 0 Å². The van der Waals surface area contributed by atoms with E-state index in [-0.39, 0.29) is 16.8 Å². The fourth-order valence-corrected chi connectivity index (χ4v) is 5.11. The van der Waals surface area contributed by atoms with E-state index in [1.54, 1.807) is 47.5 Å². The topological polar surface area (TPSA) is 91.4 Å². The first-order valence-corrected chi connectivity index (χ1v) is 12.1. The first-order valence-electron chi connectivity index (χ1n) is 10.6. The molecular formula is C25H22N4O3S. The zero-order valence-corrected chi connectivity index (χ0v) is 18.5. The SMILES string of the molecule is O=C(c1ccc(NS(=O)(=O)c2cccc3cccnc23)cc1)N1CC(Nc2ccccc2)C1. The molecule has 1 aliphatic rings. The third-order valence-electron chi connectivity index (χ3n) is 5.58. The lowest BCUT2D eigenvalue weighted by Gasteiger charge is -2.40. The molecule has 33 heavy (non-hydrogen) atoms. The molecule has 0 atom stereocenters. The number of aromatic nitrogens is 1. The molecule has 1 aliphatic heterocycles. The summed E-state index contributed by atoms with van der Waals surface area (Å²) in [4.78, 5) is 18.8. The van der Waals surface area contributed by atoms with Gasteiger partial charge in [0.05, 0.1) is 11.6 Å². The Balaban J connectivity index is 1.24. The van der Waals surface area contributed by atoms with Crippen LogP contribution in [0.1, 0.15) is 10.4 Å². The van der Waals surface area contributed by atoms with Gasteiger partial charge in [-0.25, -0.2) is 8.42 Å². The largest absolute Gasteiger partial charge is 0.379 e. The van der Waals surface area contributed by atoms with Crippen molar-refractivity contribution in [3.63, 3.8) is 0 Å². The molecular weight excluding hydrogens is 436 g/mol. The molecule has 166 valence electrons. The number of hydrogen-bond acceptors (Lipinski definition) is 5. The molecule has 0 radical (unpaired) electrons. The Morgan fingerprint density at radius 3 is 2.33 bits per heavy atom. The smallest absolute Gasteiger partial charge is 0.264 e. The molecule has 2 N–H and O–H groups in total. The lowest BCUT2D eigenvalue weighted by molar-refractivity contribution is 0.0625. The molecule has 4 aromatic rings. The summed E-state index contributed by atoms with van der Waals surface area (Å²) in [6.45, 7) is 1.24. The van der Waals surface area contributed by atoms with Crippen LogP contribution < -0.4 is 10.0 Å². The molecule has 1 amide bonds. The van der Waals surface area contributed by atoms with Crippen LogP contribution in [0.3, 0.4) is 0 Å². The Labute approximate surface area is 192 Å². The molecule has 0 unspecified atom stereocenters. The van der Waals surface area contributed by atoms with E-state index in [0.29, 0.717) is 29.9 Å². The lowest BCUT2D eigenvalue weighted by Crippen LogP contribution is -2.56. The number of hydrogen-bond donors (Lipinski definition) is 2. The van der Waals surface area contributed by atoms with Crippen molar-refractivity contribution >= 4 is 38.2 Å². The van der Waals surface area contributed by atoms with Crippen molar-refractivity contribution in [1.29, 1.82) is 0 Å². The first-order chi connectivity index (χ1) is 16.0. The van der Waals surface area contributed by atoms with Gasteiger partial charge < -0.3 is 10.2 Å². The Morgan fingerprint density at radius 2 is 1.58 bits per heavy atom. The Kier molecular flexibility index (Phi) is 5.43. The van der Waals surface area contributed by atoms with Crippen LogP contribution in [0.25, 0.3) is 10.9 Å². The van der Waals surface area contributed by atoms with Gasteiger partial charge in [-0.2, -0.15) is 0 Å². The van der Waals surface area contributed by atoms with Gasteiger partial charge in [-0.05, 0) is 48.5 Å². The van der Waals surface area contributed by atoms with E-state index in [1.807, 2.05) is 42.5 Å². The standard InChI is InChI=1S/C25H22N4O3S/c30-25(29-16-22(17-29)27-20-8-2-1-3-9-20)19-11-13-21(14-12-19)28-33(31,32)23-10-4-6-18-7-5-15-26-24(18)23/h1-15,22,27-28H,16-17H2. The molecule has 8 heteroatoms. The second-order valence-electron chi connectivity index (χ2n) is 7.93. The van der Waals surface area contributed by atoms with Crippen molar-refractivity contribution in [2.75, 3.05) is 23.1 Å². The fourth-order valence-electron chi connectivity index (χ4n) is 3.87. The summed E-state index contributed by atoms with van der Waals surface area (Å²) in [7, 11) is -3.84. The molecule has 0 bridgehead atoms. The number of para-hydroxylation sites is 2. The lowest BCUT2D eigenvalue weighted by atomic mass is 10.1. The third-order valence-corrected chi connectivity index (χ3v) is 7.00. The highest BCUT2D eigenvalue weighted by Gasteiger charge is 2.31. The quantitative estimate of drug-likeness (QED) is 0.456. The van der Waals surface area contributed by atoms with Gasteiger partial charge in [0.15, 0.2) is 0 Å². The molecule has 1 fully saturated rings. The van der Waals surface area contributed by atoms with E-state index in [4.69, 9.17) is 0 Å². The number of carbonyl (C=O) groups excluding carboxylic acids is 1. The number of nitrogens with zero attached hydrogens (tertiary/aromatic N) is 2. The van der Waals surface area contributed by atoms with Crippen molar-refractivity contribution in [3.8, 4) is 0 Å². The van der Waals surface area contributed by atoms with Crippen molar-refractivity contribution in [2.45, 2.75) is 10.9 Å². The van der Waals surface area contributed by atoms with E-state index < -0.39 is 10.0 Å². The Hall–Kier alpha value is -3.91. The number of benzene rings is 3. The maximum absolute atomic E-state index is 13.0. The van der Waals surface area contributed by atoms with Crippen LogP contribution in [-0.2, 0) is 10.0 Å². The Bertz CT molecular complexity index is 1400. The monoisotopic (exact) mass is 458 g/mol. The summed E-state index contributed by atoms with van der Waals surface area (Å²) < 4.78 is 28.5. The molecule has 7 nitrogen and oxygen atoms in total. The first kappa shape index (κ1) is 21.0. The average Bonchev–Trinajstić information content (AvgIpc) is 2.81. The van der Waals surface area contributed by atoms with Gasteiger partial charge in [-0.1, -0.05) is 36.4 Å². The number of anilines is 2. The van der Waals surface area contributed by atoms with E-state index in [1.165, 1.54) is 6.07 Å². The average molecular weight is 459 g/mol. The maximum atomic E-state index is 13.0. The maximum Gasteiger partial charge on any atom is 0.264 e. The van der Waals surface area contributed by atoms with Gasteiger partial charge >= 0.3 is 0 Å². The minimum Gasteiger partial charge on any atom is -0.379 e. The molecule has 0 spiro atoms. The van der Waals surface area contributed by atoms with Gasteiger partial charge in [0.25, 0.3) is 15.9 Å². The number of fused-ring (bicyclic) bond motifs is 1. The highest BCUT2D eigenvalue weighted by atomic mass is 32.2. The predicted molar refractivity (Wildman–Crippen MR) is 129 cm³/mol. The zero-order valence-electron chi connectivity index (χ0n) is 17.7. The molecule has 2 heterocycles. The number of amides is 1. The number of carbonyl (C=O) groups is 1. The molecule has 3 aromatic carbocycles. The van der Waals surface area contributed by atoms with Gasteiger partial charge in [0, 0.05) is 41.6 Å². The van der Waals surface area contributed by atoms with Crippen LogP contribution >= 0.6 is 0 Å². The summed E-state index contributed by atoms with van der Waals surface area (Å²) in [5, 5.41) is 4.15. The van der Waals surface area contributed by atoms with E-state index in [0.717, 1.165) is 11.1 Å². The van der Waals surface area contributed by atoms with Crippen LogP contribution in [0.5, 0.6) is 0 Å². The minimum atomic E-state index is -3.84. The second kappa shape index (κ2) is 8.55. The van der Waals surface area contributed by atoms with Crippen LogP contribution in [0, 0.1) is 0 Å². The van der Waals surface area contributed by atoms with Gasteiger partial charge in [0.1, 0.15) is 4.90 Å². The summed E-state index contributed by atoms with van der Waals surface area (Å²) in [5.41, 5.74) is 2.35. The number of nitrogens with one attached hydrogen (secondary N) is 2. The summed E-state index contributed by atoms with van der Waals surface area (Å²) in [6.07, 6.45) is 1.57. The second-order valence-corrected chi connectivity index (χ2v) is 9.58. The fraction of sp³-hybridized carbons (Fsp3) is 0.120. The predicted octanol–water partition coefficient (Wildman–Crippen LogP) is 3.97. The van der Waals surface area contributed by atoms with Crippen LogP contribution in [-0.4, -0.2) is 43.3 Å². The normalized spacial score (nSPS) is 14.0. The number of sulfonamides is 1. The molecule has 1 saturated heterocycles. The number of rotatable bonds is 6. The van der Waals surface area contributed by atoms with Crippen LogP contribution in [0.15, 0.2) is 96.0 Å². The number of pyridine rings is 1. The van der Waals surface area contributed by atoms with Crippen molar-refractivity contribution in [1.82, 2.24) is 9.88 Å². The van der Waals surface area contributed by atoms with Crippen molar-refractivity contribution in [3.05, 3.63) is 96.7 Å². The molecule has 1 aromatic heterocycles. The zero-order chi connectivity index (χ0) is 22.8. The number of likely N-dealkylation sites (tertiary alicyclic amines) is 1. The Morgan fingerprint density at radius 1 is 0.848 bits per heavy atom. The third kappa shape index (κ3) is 4.38. The van der Waals surface area contributed by atoms with Gasteiger partial charge in [-0.3, -0.25) is 14.5 Å². The van der Waals surface area contributed by atoms with E-state index in [2.05, 4.69) is 15.0 Å². The van der Waals surface area contributed by atoms with Gasteiger partial charge in [-0.15, -0.1) is 0 Å². The highest BCUT2D eigenvalue weighted by Crippen LogP contribution is 2.24. The van der Waals surface area contributed by atoms with Gasteiger partial charge in [0.2, 0.25) is 0 Å². The summed E-state index contributed by atoms with van der Waals surface area (Å²) in [6, 6.07) is 25.2. The molecule has 0 saturated carbocycles. The summed E-state index contributed by atoms with van der Waals surface area (Å²) >= 11 is 0. The van der Waals surface area contributed by atoms with E-state index in [9.17, 15) is 13.2 Å². The minimum absolute atomic E-state index is 0.0752. The van der Waals surface area contributed by atoms with Crippen molar-refractivity contribution < 1.29 is 13.2 Å². The van der Waals surface area contributed by atoms with Crippen molar-refractivity contribution in [2.24, 2.45) is 0 Å². The van der Waals surface area contributed by atoms with Crippen LogP contribution in [0.4, 0.5) is 11.4 Å². The highest BCUT2D eigenvalue weighted by molar-refractivity contribution is 7.93. The molecule has 0 aliphatic carbocycles.